The topological polar surface area (TPSA) is 95.8 Å². The van der Waals surface area contributed by atoms with Crippen molar-refractivity contribution in [3.63, 3.8) is 0 Å². The van der Waals surface area contributed by atoms with Crippen molar-refractivity contribution in [2.45, 2.75) is 20.0 Å². The highest BCUT2D eigenvalue weighted by Crippen LogP contribution is 2.19. The Bertz CT molecular complexity index is 1370. The summed E-state index contributed by atoms with van der Waals surface area (Å²) in [6.07, 6.45) is 0. The van der Waals surface area contributed by atoms with Crippen LogP contribution in [0, 0.1) is 6.92 Å². The Morgan fingerprint density at radius 1 is 1.10 bits per heavy atom. The Morgan fingerprint density at radius 2 is 1.90 bits per heavy atom. The number of methoxy groups -OCH3 is 1. The zero-order valence-electron chi connectivity index (χ0n) is 15.7. The molecule has 1 amide bonds. The number of benzene rings is 2. The Hall–Kier alpha value is -3.46. The molecule has 148 valence electrons. The third kappa shape index (κ3) is 3.64. The van der Waals surface area contributed by atoms with Crippen LogP contribution in [0.2, 0.25) is 0 Å². The molecule has 0 bridgehead atoms. The number of fused-ring (bicyclic) bond motifs is 2. The summed E-state index contributed by atoms with van der Waals surface area (Å²) in [6, 6.07) is 12.6. The van der Waals surface area contributed by atoms with Gasteiger partial charge in [0.2, 0.25) is 0 Å². The minimum absolute atomic E-state index is 0.0692. The molecule has 29 heavy (non-hydrogen) atoms. The average Bonchev–Trinajstić information content (AvgIpc) is 3.18. The molecule has 2 heterocycles. The summed E-state index contributed by atoms with van der Waals surface area (Å²) in [5.74, 6) is -1.60. The molecule has 4 aromatic rings. The summed E-state index contributed by atoms with van der Waals surface area (Å²) in [4.78, 5) is 41.1. The monoisotopic (exact) mass is 411 g/mol. The van der Waals surface area contributed by atoms with Crippen molar-refractivity contribution in [2.75, 3.05) is 7.11 Å². The third-order valence-corrected chi connectivity index (χ3v) is 5.48. The lowest BCUT2D eigenvalue weighted by Gasteiger charge is -2.04. The van der Waals surface area contributed by atoms with E-state index in [1.807, 2.05) is 25.1 Å². The fourth-order valence-electron chi connectivity index (χ4n) is 3.05. The summed E-state index contributed by atoms with van der Waals surface area (Å²) in [5, 5.41) is 0. The van der Waals surface area contributed by atoms with Gasteiger partial charge in [0, 0.05) is 0 Å². The number of thiazole rings is 1. The molecule has 0 saturated heterocycles. The highest BCUT2D eigenvalue weighted by atomic mass is 32.1. The Balaban J connectivity index is 1.77. The Labute approximate surface area is 168 Å². The van der Waals surface area contributed by atoms with Gasteiger partial charge in [-0.2, -0.15) is 4.99 Å². The molecule has 2 aromatic heterocycles. The van der Waals surface area contributed by atoms with Crippen LogP contribution in [0.1, 0.15) is 5.56 Å². The zero-order valence-corrected chi connectivity index (χ0v) is 16.6. The summed E-state index contributed by atoms with van der Waals surface area (Å²) in [6.45, 7) is 1.63. The third-order valence-electron chi connectivity index (χ3n) is 4.44. The van der Waals surface area contributed by atoms with Gasteiger partial charge in [-0.15, -0.1) is 0 Å². The average molecular weight is 411 g/mol. The number of nitrogens with zero attached hydrogens (tertiary/aromatic N) is 3. The van der Waals surface area contributed by atoms with Crippen LogP contribution < -0.4 is 10.6 Å². The maximum atomic E-state index is 12.6. The van der Waals surface area contributed by atoms with E-state index < -0.39 is 17.6 Å². The summed E-state index contributed by atoms with van der Waals surface area (Å²) >= 11 is 1.30. The fraction of sp³-hybridized carbons (Fsp3) is 0.200. The van der Waals surface area contributed by atoms with Gasteiger partial charge >= 0.3 is 11.7 Å². The van der Waals surface area contributed by atoms with E-state index in [0.717, 1.165) is 15.8 Å². The second-order valence-electron chi connectivity index (χ2n) is 6.45. The van der Waals surface area contributed by atoms with Crippen LogP contribution in [0.25, 0.3) is 21.3 Å². The van der Waals surface area contributed by atoms with Gasteiger partial charge in [0.1, 0.15) is 13.1 Å². The van der Waals surface area contributed by atoms with Crippen LogP contribution in [0.4, 0.5) is 0 Å². The predicted octanol–water partition coefficient (Wildman–Crippen LogP) is 2.22. The van der Waals surface area contributed by atoms with E-state index in [0.29, 0.717) is 15.9 Å². The van der Waals surface area contributed by atoms with Gasteiger partial charge in [-0.25, -0.2) is 4.79 Å². The number of esters is 1. The summed E-state index contributed by atoms with van der Waals surface area (Å²) < 4.78 is 13.7. The number of hydrogen-bond acceptors (Lipinski definition) is 6. The molecule has 9 heteroatoms. The number of aryl methyl sites for hydroxylation is 1. The van der Waals surface area contributed by atoms with Crippen molar-refractivity contribution in [1.29, 1.82) is 0 Å². The quantitative estimate of drug-likeness (QED) is 0.480. The van der Waals surface area contributed by atoms with Crippen LogP contribution in [-0.4, -0.2) is 28.1 Å². The molecule has 0 atom stereocenters. The van der Waals surface area contributed by atoms with Crippen molar-refractivity contribution in [2.24, 2.45) is 4.99 Å². The number of rotatable bonds is 4. The van der Waals surface area contributed by atoms with Gasteiger partial charge in [-0.05, 0) is 36.8 Å². The molecule has 0 aliphatic carbocycles. The number of oxazole rings is 1. The van der Waals surface area contributed by atoms with Crippen molar-refractivity contribution < 1.29 is 18.7 Å². The molecule has 0 aliphatic rings. The SMILES string of the molecule is COC(=O)Cn1c(=NC(=O)Cn2c(=O)oc3ccccc32)sc2cc(C)ccc21. The van der Waals surface area contributed by atoms with Gasteiger partial charge in [-0.3, -0.25) is 14.2 Å². The van der Waals surface area contributed by atoms with Crippen LogP contribution in [0.3, 0.4) is 0 Å². The zero-order chi connectivity index (χ0) is 20.5. The highest BCUT2D eigenvalue weighted by molar-refractivity contribution is 7.16. The van der Waals surface area contributed by atoms with Gasteiger partial charge < -0.3 is 13.7 Å². The maximum Gasteiger partial charge on any atom is 0.420 e. The largest absolute Gasteiger partial charge is 0.468 e. The second kappa shape index (κ2) is 7.51. The van der Waals surface area contributed by atoms with Crippen molar-refractivity contribution in [1.82, 2.24) is 9.13 Å². The number of aromatic nitrogens is 2. The number of amides is 1. The first-order chi connectivity index (χ1) is 14.0. The fourth-order valence-corrected chi connectivity index (χ4v) is 4.20. The van der Waals surface area contributed by atoms with E-state index in [1.54, 1.807) is 28.8 Å². The molecular weight excluding hydrogens is 394 g/mol. The molecule has 0 N–H and O–H groups in total. The highest BCUT2D eigenvalue weighted by Gasteiger charge is 2.14. The lowest BCUT2D eigenvalue weighted by atomic mass is 10.2. The standard InChI is InChI=1S/C20H17N3O5S/c1-12-7-8-14-16(9-12)29-19(22(14)11-18(25)27-2)21-17(24)10-23-13-5-3-4-6-15(13)28-20(23)26/h3-9H,10-11H2,1-2H3. The second-order valence-corrected chi connectivity index (χ2v) is 7.45. The molecule has 0 fully saturated rings. The minimum Gasteiger partial charge on any atom is -0.468 e. The first-order valence-electron chi connectivity index (χ1n) is 8.79. The van der Waals surface area contributed by atoms with Crippen molar-refractivity contribution in [3.05, 3.63) is 63.4 Å². The molecule has 0 radical (unpaired) electrons. The number of ether oxygens (including phenoxy) is 1. The molecular formula is C20H17N3O5S. The van der Waals surface area contributed by atoms with E-state index in [9.17, 15) is 14.4 Å². The maximum absolute atomic E-state index is 12.6. The molecule has 2 aromatic carbocycles. The summed E-state index contributed by atoms with van der Waals surface area (Å²) in [7, 11) is 1.31. The molecule has 0 unspecified atom stereocenters. The van der Waals surface area contributed by atoms with Crippen LogP contribution in [0.15, 0.2) is 56.7 Å². The minimum atomic E-state index is -0.621. The lowest BCUT2D eigenvalue weighted by Crippen LogP contribution is -2.24. The Morgan fingerprint density at radius 3 is 2.69 bits per heavy atom. The van der Waals surface area contributed by atoms with Crippen molar-refractivity contribution in [3.8, 4) is 0 Å². The first-order valence-corrected chi connectivity index (χ1v) is 9.60. The smallest absolute Gasteiger partial charge is 0.420 e. The van der Waals surface area contributed by atoms with E-state index >= 15 is 0 Å². The summed E-state index contributed by atoms with van der Waals surface area (Å²) in [5.41, 5.74) is 2.76. The predicted molar refractivity (Wildman–Crippen MR) is 108 cm³/mol. The van der Waals surface area contributed by atoms with Crippen LogP contribution in [0.5, 0.6) is 0 Å². The molecule has 0 saturated carbocycles. The number of carbonyl (C=O) groups excluding carboxylic acids is 2. The molecule has 4 rings (SSSR count). The van der Waals surface area contributed by atoms with Gasteiger partial charge in [0.05, 0.1) is 22.8 Å². The molecule has 0 spiro atoms. The van der Waals surface area contributed by atoms with Gasteiger partial charge in [-0.1, -0.05) is 29.5 Å². The van der Waals surface area contributed by atoms with Crippen molar-refractivity contribution >= 4 is 44.5 Å². The normalized spacial score (nSPS) is 12.0. The Kier molecular flexibility index (Phi) is 4.89. The van der Waals surface area contributed by atoms with E-state index in [4.69, 9.17) is 9.15 Å². The molecule has 8 nitrogen and oxygen atoms in total. The van der Waals surface area contributed by atoms with E-state index in [-0.39, 0.29) is 13.1 Å². The van der Waals surface area contributed by atoms with E-state index in [2.05, 4.69) is 4.99 Å². The number of hydrogen-bond donors (Lipinski definition) is 0. The van der Waals surface area contributed by atoms with E-state index in [1.165, 1.54) is 23.0 Å². The van der Waals surface area contributed by atoms with Crippen LogP contribution >= 0.6 is 11.3 Å². The van der Waals surface area contributed by atoms with Crippen LogP contribution in [-0.2, 0) is 27.4 Å². The lowest BCUT2D eigenvalue weighted by molar-refractivity contribution is -0.141. The molecule has 0 aliphatic heterocycles. The number of para-hydroxylation sites is 2. The first kappa shape index (κ1) is 18.9. The van der Waals surface area contributed by atoms with Gasteiger partial charge in [0.15, 0.2) is 10.4 Å². The number of carbonyl (C=O) groups is 2. The van der Waals surface area contributed by atoms with Gasteiger partial charge in [0.25, 0.3) is 5.91 Å².